The van der Waals surface area contributed by atoms with Crippen molar-refractivity contribution < 1.29 is 0 Å². The van der Waals surface area contributed by atoms with Crippen LogP contribution in [-0.4, -0.2) is 4.57 Å². The number of hydrogen-bond acceptors (Lipinski definition) is 1. The van der Waals surface area contributed by atoms with Crippen LogP contribution < -0.4 is 4.90 Å². The fraction of sp³-hybridized carbons (Fsp3) is 0.118. The Morgan fingerprint density at radius 2 is 1.03 bits per heavy atom. The second kappa shape index (κ2) is 9.05. The molecule has 0 N–H and O–H groups in total. The molecular formula is C34H30N2. The highest BCUT2D eigenvalue weighted by Crippen LogP contribution is 2.37. The molecule has 1 aromatic heterocycles. The van der Waals surface area contributed by atoms with Crippen LogP contribution in [0.2, 0.25) is 0 Å². The number of aromatic nitrogens is 1. The average molecular weight is 467 g/mol. The van der Waals surface area contributed by atoms with Crippen molar-refractivity contribution in [2.24, 2.45) is 0 Å². The quantitative estimate of drug-likeness (QED) is 0.245. The van der Waals surface area contributed by atoms with Crippen molar-refractivity contribution in [3.63, 3.8) is 0 Å². The molecule has 0 spiro atoms. The van der Waals surface area contributed by atoms with Gasteiger partial charge in [-0.2, -0.15) is 0 Å². The second-order valence-corrected chi connectivity index (χ2v) is 9.55. The minimum atomic E-state index is 0.964. The summed E-state index contributed by atoms with van der Waals surface area (Å²) in [5.41, 5.74) is 11.0. The Balaban J connectivity index is 1.42. The Bertz CT molecular complexity index is 1610. The fourth-order valence-corrected chi connectivity index (χ4v) is 5.21. The van der Waals surface area contributed by atoms with Gasteiger partial charge in [0, 0.05) is 45.4 Å². The highest BCUT2D eigenvalue weighted by Gasteiger charge is 2.14. The van der Waals surface area contributed by atoms with Gasteiger partial charge in [0.15, 0.2) is 0 Å². The fourth-order valence-electron chi connectivity index (χ4n) is 5.21. The molecule has 5 aromatic carbocycles. The standard InChI is InChI=1S/C34H30N2/c1-4-35-33-8-6-5-7-31(33)32-23-27(15-22-34(32)35)26-13-20-30(21-14-26)36(28-16-9-24(2)10-17-28)29-18-11-25(3)12-19-29/h5-23H,4H2,1-3H3. The van der Waals surface area contributed by atoms with Gasteiger partial charge >= 0.3 is 0 Å². The number of fused-ring (bicyclic) bond motifs is 3. The highest BCUT2D eigenvalue weighted by atomic mass is 15.1. The summed E-state index contributed by atoms with van der Waals surface area (Å²) in [5.74, 6) is 0. The van der Waals surface area contributed by atoms with Gasteiger partial charge in [-0.15, -0.1) is 0 Å². The van der Waals surface area contributed by atoms with Crippen LogP contribution in [-0.2, 0) is 6.54 Å². The maximum Gasteiger partial charge on any atom is 0.0491 e. The predicted molar refractivity (Wildman–Crippen MR) is 155 cm³/mol. The first kappa shape index (κ1) is 22.2. The molecule has 6 aromatic rings. The molecule has 2 nitrogen and oxygen atoms in total. The van der Waals surface area contributed by atoms with Crippen LogP contribution in [0.25, 0.3) is 32.9 Å². The number of benzene rings is 5. The first-order valence-corrected chi connectivity index (χ1v) is 12.7. The Morgan fingerprint density at radius 3 is 1.61 bits per heavy atom. The number of para-hydroxylation sites is 1. The van der Waals surface area contributed by atoms with Crippen molar-refractivity contribution in [2.75, 3.05) is 4.90 Å². The maximum absolute atomic E-state index is 2.40. The molecule has 6 rings (SSSR count). The van der Waals surface area contributed by atoms with Gasteiger partial charge in [0.2, 0.25) is 0 Å². The number of hydrogen-bond donors (Lipinski definition) is 0. The minimum absolute atomic E-state index is 0.964. The molecule has 0 amide bonds. The van der Waals surface area contributed by atoms with Crippen LogP contribution in [0.5, 0.6) is 0 Å². The van der Waals surface area contributed by atoms with E-state index in [1.807, 2.05) is 0 Å². The van der Waals surface area contributed by atoms with E-state index in [-0.39, 0.29) is 0 Å². The molecule has 0 saturated heterocycles. The van der Waals surface area contributed by atoms with Crippen molar-refractivity contribution in [2.45, 2.75) is 27.3 Å². The van der Waals surface area contributed by atoms with Crippen LogP contribution in [0.1, 0.15) is 18.1 Å². The van der Waals surface area contributed by atoms with E-state index < -0.39 is 0 Å². The second-order valence-electron chi connectivity index (χ2n) is 9.55. The summed E-state index contributed by atoms with van der Waals surface area (Å²) in [4.78, 5) is 2.32. The third-order valence-electron chi connectivity index (χ3n) is 7.13. The Hall–Kier alpha value is -4.30. The summed E-state index contributed by atoms with van der Waals surface area (Å²) in [5, 5.41) is 2.63. The van der Waals surface area contributed by atoms with E-state index in [1.54, 1.807) is 0 Å². The van der Waals surface area contributed by atoms with Crippen LogP contribution in [0.15, 0.2) is 115 Å². The van der Waals surface area contributed by atoms with Gasteiger partial charge in [-0.1, -0.05) is 71.8 Å². The lowest BCUT2D eigenvalue weighted by atomic mass is 10.0. The molecule has 1 heterocycles. The normalized spacial score (nSPS) is 11.3. The van der Waals surface area contributed by atoms with E-state index in [1.165, 1.54) is 44.1 Å². The summed E-state index contributed by atoms with van der Waals surface area (Å²) in [6.45, 7) is 7.44. The first-order valence-electron chi connectivity index (χ1n) is 12.7. The predicted octanol–water partition coefficient (Wildman–Crippen LogP) is 9.57. The van der Waals surface area contributed by atoms with E-state index in [2.05, 4.69) is 145 Å². The highest BCUT2D eigenvalue weighted by molar-refractivity contribution is 6.09. The monoisotopic (exact) mass is 466 g/mol. The van der Waals surface area contributed by atoms with E-state index >= 15 is 0 Å². The zero-order valence-electron chi connectivity index (χ0n) is 21.1. The molecule has 0 aliphatic heterocycles. The Morgan fingerprint density at radius 1 is 0.528 bits per heavy atom. The number of anilines is 3. The zero-order valence-corrected chi connectivity index (χ0v) is 21.1. The molecule has 0 aliphatic carbocycles. The van der Waals surface area contributed by atoms with E-state index in [9.17, 15) is 0 Å². The number of rotatable bonds is 5. The first-order chi connectivity index (χ1) is 17.6. The lowest BCUT2D eigenvalue weighted by molar-refractivity contribution is 0.827. The molecule has 0 unspecified atom stereocenters. The van der Waals surface area contributed by atoms with Gasteiger partial charge in [-0.25, -0.2) is 0 Å². The van der Waals surface area contributed by atoms with Gasteiger partial charge in [0.05, 0.1) is 0 Å². The van der Waals surface area contributed by atoms with Crippen molar-refractivity contribution in [1.29, 1.82) is 0 Å². The van der Waals surface area contributed by atoms with Crippen LogP contribution in [0.4, 0.5) is 17.1 Å². The van der Waals surface area contributed by atoms with E-state index in [0.29, 0.717) is 0 Å². The number of nitrogens with zero attached hydrogens (tertiary/aromatic N) is 2. The Kier molecular flexibility index (Phi) is 5.58. The van der Waals surface area contributed by atoms with Gasteiger partial charge in [0.1, 0.15) is 0 Å². The lowest BCUT2D eigenvalue weighted by Crippen LogP contribution is -2.09. The number of aryl methyl sites for hydroxylation is 3. The van der Waals surface area contributed by atoms with Crippen molar-refractivity contribution in [3.8, 4) is 11.1 Å². The molecule has 0 atom stereocenters. The third kappa shape index (κ3) is 3.85. The maximum atomic E-state index is 2.40. The lowest BCUT2D eigenvalue weighted by Gasteiger charge is -2.26. The van der Waals surface area contributed by atoms with Crippen molar-refractivity contribution in [1.82, 2.24) is 4.57 Å². The van der Waals surface area contributed by atoms with E-state index in [0.717, 1.165) is 23.6 Å². The molecule has 0 aliphatic rings. The van der Waals surface area contributed by atoms with Crippen molar-refractivity contribution in [3.05, 3.63) is 126 Å². The molecule has 36 heavy (non-hydrogen) atoms. The van der Waals surface area contributed by atoms with Crippen LogP contribution >= 0.6 is 0 Å². The van der Waals surface area contributed by atoms with Gasteiger partial charge < -0.3 is 9.47 Å². The topological polar surface area (TPSA) is 8.17 Å². The zero-order chi connectivity index (χ0) is 24.6. The third-order valence-corrected chi connectivity index (χ3v) is 7.13. The molecular weight excluding hydrogens is 436 g/mol. The summed E-state index contributed by atoms with van der Waals surface area (Å²) >= 11 is 0. The minimum Gasteiger partial charge on any atom is -0.341 e. The SMILES string of the molecule is CCn1c2ccccc2c2cc(-c3ccc(N(c4ccc(C)cc4)c4ccc(C)cc4)cc3)ccc21. The molecule has 2 heteroatoms. The van der Waals surface area contributed by atoms with Crippen molar-refractivity contribution >= 4 is 38.9 Å². The molecule has 0 radical (unpaired) electrons. The van der Waals surface area contributed by atoms with Crippen LogP contribution in [0, 0.1) is 13.8 Å². The largest absolute Gasteiger partial charge is 0.341 e. The molecule has 0 bridgehead atoms. The molecule has 176 valence electrons. The Labute approximate surface area is 213 Å². The van der Waals surface area contributed by atoms with Gasteiger partial charge in [-0.3, -0.25) is 0 Å². The molecule has 0 saturated carbocycles. The smallest absolute Gasteiger partial charge is 0.0491 e. The average Bonchev–Trinajstić information content (AvgIpc) is 3.24. The van der Waals surface area contributed by atoms with Crippen LogP contribution in [0.3, 0.4) is 0 Å². The summed E-state index contributed by atoms with van der Waals surface area (Å²) in [6, 6.07) is 42.0. The van der Waals surface area contributed by atoms with Gasteiger partial charge in [0.25, 0.3) is 0 Å². The summed E-state index contributed by atoms with van der Waals surface area (Å²) in [7, 11) is 0. The summed E-state index contributed by atoms with van der Waals surface area (Å²) < 4.78 is 2.40. The summed E-state index contributed by atoms with van der Waals surface area (Å²) in [6.07, 6.45) is 0. The van der Waals surface area contributed by atoms with Gasteiger partial charge in [-0.05, 0) is 86.5 Å². The molecule has 0 fully saturated rings. The van der Waals surface area contributed by atoms with E-state index in [4.69, 9.17) is 0 Å².